The van der Waals surface area contributed by atoms with E-state index in [1.54, 1.807) is 59.7 Å². The van der Waals surface area contributed by atoms with E-state index in [-0.39, 0.29) is 5.02 Å². The first-order valence-electron chi connectivity index (χ1n) is 7.16. The van der Waals surface area contributed by atoms with E-state index in [0.717, 1.165) is 0 Å². The van der Waals surface area contributed by atoms with Gasteiger partial charge in [-0.15, -0.1) is 0 Å². The van der Waals surface area contributed by atoms with E-state index in [9.17, 15) is 9.59 Å². The van der Waals surface area contributed by atoms with E-state index in [0.29, 0.717) is 11.4 Å². The third kappa shape index (κ3) is 7.23. The number of carbonyl (C=O) groups is 2. The SMILES string of the molecule is CC(C)(C)OC(=O)Nc1cccc(NC(=O)OC(C)(C)C)c1Cl. The summed E-state index contributed by atoms with van der Waals surface area (Å²) in [5.41, 5.74) is -0.588. The first-order valence-corrected chi connectivity index (χ1v) is 7.54. The minimum absolute atomic E-state index is 0.184. The van der Waals surface area contributed by atoms with Gasteiger partial charge in [0.15, 0.2) is 0 Å². The lowest BCUT2D eigenvalue weighted by Crippen LogP contribution is -2.28. The minimum Gasteiger partial charge on any atom is -0.444 e. The third-order valence-corrected chi connectivity index (χ3v) is 2.68. The van der Waals surface area contributed by atoms with Crippen molar-refractivity contribution in [3.63, 3.8) is 0 Å². The van der Waals surface area contributed by atoms with E-state index in [1.165, 1.54) is 0 Å². The van der Waals surface area contributed by atoms with Crippen molar-refractivity contribution >= 4 is 35.2 Å². The summed E-state index contributed by atoms with van der Waals surface area (Å²) in [4.78, 5) is 23.6. The Morgan fingerprint density at radius 2 is 1.22 bits per heavy atom. The molecule has 0 radical (unpaired) electrons. The lowest BCUT2D eigenvalue weighted by Gasteiger charge is -2.21. The van der Waals surface area contributed by atoms with Gasteiger partial charge in [-0.3, -0.25) is 10.6 Å². The van der Waals surface area contributed by atoms with Crippen molar-refractivity contribution in [3.8, 4) is 0 Å². The van der Waals surface area contributed by atoms with Gasteiger partial charge in [-0.25, -0.2) is 9.59 Å². The number of halogens is 1. The number of amides is 2. The van der Waals surface area contributed by atoms with Gasteiger partial charge >= 0.3 is 12.2 Å². The van der Waals surface area contributed by atoms with Crippen molar-refractivity contribution in [2.24, 2.45) is 0 Å². The highest BCUT2D eigenvalue weighted by atomic mass is 35.5. The number of carbonyl (C=O) groups excluding carboxylic acids is 2. The molecular formula is C16H23ClN2O4. The van der Waals surface area contributed by atoms with Crippen LogP contribution in [0.15, 0.2) is 18.2 Å². The summed E-state index contributed by atoms with van der Waals surface area (Å²) >= 11 is 6.20. The fraction of sp³-hybridized carbons (Fsp3) is 0.500. The Kier molecular flexibility index (Phi) is 5.88. The Morgan fingerprint density at radius 3 is 1.52 bits per heavy atom. The monoisotopic (exact) mass is 342 g/mol. The molecule has 2 amide bonds. The van der Waals surface area contributed by atoms with E-state index >= 15 is 0 Å². The second kappa shape index (κ2) is 7.08. The van der Waals surface area contributed by atoms with Gasteiger partial charge in [0.2, 0.25) is 0 Å². The van der Waals surface area contributed by atoms with Crippen LogP contribution in [0.25, 0.3) is 0 Å². The van der Waals surface area contributed by atoms with Gasteiger partial charge in [0.1, 0.15) is 11.2 Å². The average molecular weight is 343 g/mol. The molecule has 0 spiro atoms. The van der Waals surface area contributed by atoms with Crippen LogP contribution in [0.2, 0.25) is 5.02 Å². The van der Waals surface area contributed by atoms with Crippen LogP contribution in [0, 0.1) is 0 Å². The molecule has 7 heteroatoms. The molecule has 1 aromatic carbocycles. The number of benzene rings is 1. The zero-order chi connectivity index (χ0) is 17.8. The summed E-state index contributed by atoms with van der Waals surface area (Å²) in [6.45, 7) is 10.6. The molecule has 0 atom stereocenters. The Labute approximate surface area is 141 Å². The fourth-order valence-corrected chi connectivity index (χ4v) is 1.77. The predicted octanol–water partition coefficient (Wildman–Crippen LogP) is 5.03. The lowest BCUT2D eigenvalue weighted by atomic mass is 10.2. The number of nitrogens with one attached hydrogen (secondary N) is 2. The van der Waals surface area contributed by atoms with Crippen LogP contribution in [0.3, 0.4) is 0 Å². The normalized spacial score (nSPS) is 11.6. The first kappa shape index (κ1) is 19.1. The lowest BCUT2D eigenvalue weighted by molar-refractivity contribution is 0.0625. The van der Waals surface area contributed by atoms with E-state index in [4.69, 9.17) is 21.1 Å². The minimum atomic E-state index is -0.631. The highest BCUT2D eigenvalue weighted by molar-refractivity contribution is 6.36. The van der Waals surface area contributed by atoms with E-state index < -0.39 is 23.4 Å². The molecule has 0 unspecified atom stereocenters. The van der Waals surface area contributed by atoms with Crippen LogP contribution >= 0.6 is 11.6 Å². The van der Waals surface area contributed by atoms with Crippen LogP contribution in [0.4, 0.5) is 21.0 Å². The molecule has 0 aliphatic rings. The molecule has 2 N–H and O–H groups in total. The fourth-order valence-electron chi connectivity index (χ4n) is 1.55. The van der Waals surface area contributed by atoms with Crippen LogP contribution in [0.1, 0.15) is 41.5 Å². The Morgan fingerprint density at radius 1 is 0.870 bits per heavy atom. The molecule has 128 valence electrons. The van der Waals surface area contributed by atoms with Gasteiger partial charge in [-0.1, -0.05) is 17.7 Å². The molecule has 23 heavy (non-hydrogen) atoms. The molecule has 0 saturated heterocycles. The average Bonchev–Trinajstić information content (AvgIpc) is 2.29. The van der Waals surface area contributed by atoms with Crippen LogP contribution in [-0.4, -0.2) is 23.4 Å². The molecule has 0 heterocycles. The molecule has 0 bridgehead atoms. The molecule has 0 aromatic heterocycles. The molecule has 1 aromatic rings. The zero-order valence-electron chi connectivity index (χ0n) is 14.2. The van der Waals surface area contributed by atoms with Crippen molar-refractivity contribution in [1.82, 2.24) is 0 Å². The number of hydrogen-bond donors (Lipinski definition) is 2. The Hall–Kier alpha value is -1.95. The van der Waals surface area contributed by atoms with Gasteiger partial charge in [-0.05, 0) is 53.7 Å². The quantitative estimate of drug-likeness (QED) is 0.789. The number of ether oxygens (including phenoxy) is 2. The van der Waals surface area contributed by atoms with Crippen molar-refractivity contribution in [3.05, 3.63) is 23.2 Å². The van der Waals surface area contributed by atoms with Crippen LogP contribution in [-0.2, 0) is 9.47 Å². The summed E-state index contributed by atoms with van der Waals surface area (Å²) in [5, 5.41) is 5.27. The predicted molar refractivity (Wildman–Crippen MR) is 91.2 cm³/mol. The number of rotatable bonds is 2. The summed E-state index contributed by atoms with van der Waals surface area (Å²) in [7, 11) is 0. The maximum Gasteiger partial charge on any atom is 0.412 e. The molecular weight excluding hydrogens is 320 g/mol. The summed E-state index contributed by atoms with van der Waals surface area (Å²) in [5.74, 6) is 0. The summed E-state index contributed by atoms with van der Waals surface area (Å²) < 4.78 is 10.3. The number of hydrogen-bond acceptors (Lipinski definition) is 4. The summed E-state index contributed by atoms with van der Waals surface area (Å²) in [6, 6.07) is 4.85. The van der Waals surface area contributed by atoms with Crippen molar-refractivity contribution in [2.75, 3.05) is 10.6 Å². The van der Waals surface area contributed by atoms with Crippen molar-refractivity contribution < 1.29 is 19.1 Å². The summed E-state index contributed by atoms with van der Waals surface area (Å²) in [6.07, 6.45) is -1.26. The molecule has 0 saturated carbocycles. The van der Waals surface area contributed by atoms with Crippen molar-refractivity contribution in [1.29, 1.82) is 0 Å². The zero-order valence-corrected chi connectivity index (χ0v) is 15.0. The standard InChI is InChI=1S/C16H23ClN2O4/c1-15(2,3)22-13(20)18-10-8-7-9-11(12(10)17)19-14(21)23-16(4,5)6/h7-9H,1-6H3,(H,18,20)(H,19,21). The second-order valence-corrected chi connectivity index (χ2v) is 7.30. The second-order valence-electron chi connectivity index (χ2n) is 6.92. The van der Waals surface area contributed by atoms with Gasteiger partial charge in [0, 0.05) is 0 Å². The molecule has 6 nitrogen and oxygen atoms in total. The molecule has 0 aliphatic heterocycles. The molecule has 1 rings (SSSR count). The van der Waals surface area contributed by atoms with Gasteiger partial charge in [-0.2, -0.15) is 0 Å². The van der Waals surface area contributed by atoms with Crippen LogP contribution < -0.4 is 10.6 Å². The largest absolute Gasteiger partial charge is 0.444 e. The van der Waals surface area contributed by atoms with E-state index in [2.05, 4.69) is 10.6 Å². The highest BCUT2D eigenvalue weighted by Gasteiger charge is 2.20. The van der Waals surface area contributed by atoms with Crippen LogP contribution in [0.5, 0.6) is 0 Å². The Balaban J connectivity index is 2.82. The van der Waals surface area contributed by atoms with Gasteiger partial charge < -0.3 is 9.47 Å². The molecule has 0 fully saturated rings. The Bertz CT molecular complexity index is 540. The molecule has 0 aliphatic carbocycles. The topological polar surface area (TPSA) is 76.7 Å². The smallest absolute Gasteiger partial charge is 0.412 e. The maximum absolute atomic E-state index is 11.8. The number of anilines is 2. The van der Waals surface area contributed by atoms with Gasteiger partial charge in [0.05, 0.1) is 16.4 Å². The first-order chi connectivity index (χ1) is 10.4. The highest BCUT2D eigenvalue weighted by Crippen LogP contribution is 2.30. The van der Waals surface area contributed by atoms with Gasteiger partial charge in [0.25, 0.3) is 0 Å². The van der Waals surface area contributed by atoms with Crippen molar-refractivity contribution in [2.45, 2.75) is 52.7 Å². The third-order valence-electron chi connectivity index (χ3n) is 2.27. The maximum atomic E-state index is 11.8. The van der Waals surface area contributed by atoms with E-state index in [1.807, 2.05) is 0 Å².